The van der Waals surface area contributed by atoms with E-state index >= 15 is 0 Å². The van der Waals surface area contributed by atoms with E-state index in [1.807, 2.05) is 54.9 Å². The van der Waals surface area contributed by atoms with Gasteiger partial charge in [0.25, 0.3) is 5.91 Å². The molecule has 9 heteroatoms. The highest BCUT2D eigenvalue weighted by molar-refractivity contribution is 6.30. The number of aromatic amines is 1. The number of amides is 2. The van der Waals surface area contributed by atoms with Gasteiger partial charge in [0.05, 0.1) is 6.54 Å². The summed E-state index contributed by atoms with van der Waals surface area (Å²) in [7, 11) is 0. The highest BCUT2D eigenvalue weighted by Gasteiger charge is 2.23. The Morgan fingerprint density at radius 1 is 1.00 bits per heavy atom. The Balaban J connectivity index is 1.37. The molecule has 0 fully saturated rings. The number of halogens is 1. The molecule has 34 heavy (non-hydrogen) atoms. The molecule has 0 aliphatic rings. The summed E-state index contributed by atoms with van der Waals surface area (Å²) >= 11 is 5.94. The predicted octanol–water partition coefficient (Wildman–Crippen LogP) is 3.52. The van der Waals surface area contributed by atoms with E-state index in [1.54, 1.807) is 28.7 Å². The maximum atomic E-state index is 13.2. The van der Waals surface area contributed by atoms with E-state index in [4.69, 9.17) is 11.6 Å². The van der Waals surface area contributed by atoms with Crippen LogP contribution >= 0.6 is 11.6 Å². The van der Waals surface area contributed by atoms with Crippen molar-refractivity contribution in [2.75, 3.05) is 0 Å². The molecule has 1 atom stereocenters. The SMILES string of the molecule is O=C(N[C@@H](Cc1c[nH]c2ccccc12)C(=O)NCc1nnc2ccccn12)c1ccc(Cl)cc1. The molecule has 3 N–H and O–H groups in total. The van der Waals surface area contributed by atoms with Gasteiger partial charge in [-0.3, -0.25) is 14.0 Å². The average molecular weight is 473 g/mol. The van der Waals surface area contributed by atoms with Gasteiger partial charge in [-0.1, -0.05) is 35.9 Å². The molecule has 5 aromatic rings. The van der Waals surface area contributed by atoms with E-state index < -0.39 is 6.04 Å². The minimum absolute atomic E-state index is 0.172. The topological polar surface area (TPSA) is 104 Å². The number of carbonyl (C=O) groups is 2. The first-order chi connectivity index (χ1) is 16.6. The second kappa shape index (κ2) is 9.36. The van der Waals surface area contributed by atoms with Gasteiger partial charge >= 0.3 is 0 Å². The number of pyridine rings is 1. The van der Waals surface area contributed by atoms with Gasteiger partial charge in [0.1, 0.15) is 6.04 Å². The van der Waals surface area contributed by atoms with Crippen LogP contribution in [0.3, 0.4) is 0 Å². The van der Waals surface area contributed by atoms with Crippen LogP contribution < -0.4 is 10.6 Å². The van der Waals surface area contributed by atoms with Crippen molar-refractivity contribution >= 4 is 40.0 Å². The predicted molar refractivity (Wildman–Crippen MR) is 130 cm³/mol. The van der Waals surface area contributed by atoms with Crippen molar-refractivity contribution in [3.8, 4) is 0 Å². The Labute approximate surface area is 200 Å². The maximum Gasteiger partial charge on any atom is 0.251 e. The third-order valence-electron chi connectivity index (χ3n) is 5.63. The van der Waals surface area contributed by atoms with E-state index in [0.29, 0.717) is 28.5 Å². The Morgan fingerprint density at radius 2 is 1.79 bits per heavy atom. The van der Waals surface area contributed by atoms with Crippen LogP contribution in [0.1, 0.15) is 21.7 Å². The largest absolute Gasteiger partial charge is 0.361 e. The Bertz CT molecular complexity index is 1470. The first-order valence-electron chi connectivity index (χ1n) is 10.8. The Hall–Kier alpha value is -4.17. The summed E-state index contributed by atoms with van der Waals surface area (Å²) in [6.45, 7) is 0.172. The van der Waals surface area contributed by atoms with Crippen molar-refractivity contribution in [1.29, 1.82) is 0 Å². The molecule has 3 heterocycles. The molecule has 0 saturated heterocycles. The van der Waals surface area contributed by atoms with Crippen LogP contribution in [-0.2, 0) is 17.8 Å². The fraction of sp³-hybridized carbons (Fsp3) is 0.120. The van der Waals surface area contributed by atoms with Gasteiger partial charge in [0.2, 0.25) is 5.91 Å². The molecular formula is C25H21ClN6O2. The lowest BCUT2D eigenvalue weighted by atomic mass is 10.0. The van der Waals surface area contributed by atoms with Crippen LogP contribution in [-0.4, -0.2) is 37.4 Å². The summed E-state index contributed by atoms with van der Waals surface area (Å²) in [4.78, 5) is 29.4. The van der Waals surface area contributed by atoms with Gasteiger partial charge in [-0.15, -0.1) is 10.2 Å². The number of nitrogens with zero attached hydrogens (tertiary/aromatic N) is 3. The fourth-order valence-corrected chi connectivity index (χ4v) is 4.00. The standard InChI is InChI=1S/C25H21ClN6O2/c26-18-10-8-16(9-11-18)24(33)29-21(13-17-14-27-20-6-2-1-5-19(17)20)25(34)28-15-23-31-30-22-7-3-4-12-32(22)23/h1-12,14,21,27H,13,15H2,(H,28,34)(H,29,33)/t21-/m0/s1. The van der Waals surface area contributed by atoms with Gasteiger partial charge < -0.3 is 15.6 Å². The quantitative estimate of drug-likeness (QED) is 0.337. The normalized spacial score (nSPS) is 12.0. The average Bonchev–Trinajstić information content (AvgIpc) is 3.46. The van der Waals surface area contributed by atoms with Gasteiger partial charge in [-0.05, 0) is 48.0 Å². The maximum absolute atomic E-state index is 13.2. The van der Waals surface area contributed by atoms with E-state index in [-0.39, 0.29) is 18.4 Å². The van der Waals surface area contributed by atoms with Crippen LogP contribution in [0, 0.1) is 0 Å². The monoisotopic (exact) mass is 472 g/mol. The third kappa shape index (κ3) is 4.49. The number of fused-ring (bicyclic) bond motifs is 2. The summed E-state index contributed by atoms with van der Waals surface area (Å²) in [6, 6.07) is 19.1. The number of hydrogen-bond acceptors (Lipinski definition) is 4. The lowest BCUT2D eigenvalue weighted by Gasteiger charge is -2.18. The lowest BCUT2D eigenvalue weighted by molar-refractivity contribution is -0.123. The smallest absolute Gasteiger partial charge is 0.251 e. The second-order valence-electron chi connectivity index (χ2n) is 7.86. The Kier molecular flexibility index (Phi) is 5.97. The molecule has 2 aromatic carbocycles. The zero-order valence-corrected chi connectivity index (χ0v) is 18.8. The van der Waals surface area contributed by atoms with Crippen LogP contribution in [0.2, 0.25) is 5.02 Å². The highest BCUT2D eigenvalue weighted by Crippen LogP contribution is 2.19. The first-order valence-corrected chi connectivity index (χ1v) is 11.1. The second-order valence-corrected chi connectivity index (χ2v) is 8.30. The zero-order valence-electron chi connectivity index (χ0n) is 18.0. The number of hydrogen-bond donors (Lipinski definition) is 3. The van der Waals surface area contributed by atoms with E-state index in [9.17, 15) is 9.59 Å². The van der Waals surface area contributed by atoms with Crippen molar-refractivity contribution in [3.63, 3.8) is 0 Å². The molecule has 170 valence electrons. The molecule has 0 spiro atoms. The van der Waals surface area contributed by atoms with Crippen LogP contribution in [0.5, 0.6) is 0 Å². The van der Waals surface area contributed by atoms with Gasteiger partial charge in [0.15, 0.2) is 11.5 Å². The minimum Gasteiger partial charge on any atom is -0.361 e. The van der Waals surface area contributed by atoms with Crippen molar-refractivity contribution in [3.05, 3.63) is 101 Å². The number of carbonyl (C=O) groups excluding carboxylic acids is 2. The zero-order chi connectivity index (χ0) is 23.5. The van der Waals surface area contributed by atoms with Crippen molar-refractivity contribution in [2.24, 2.45) is 0 Å². The molecular weight excluding hydrogens is 452 g/mol. The number of nitrogens with one attached hydrogen (secondary N) is 3. The van der Waals surface area contributed by atoms with Gasteiger partial charge in [-0.2, -0.15) is 0 Å². The Morgan fingerprint density at radius 3 is 2.65 bits per heavy atom. The fourth-order valence-electron chi connectivity index (χ4n) is 3.87. The number of H-pyrrole nitrogens is 1. The van der Waals surface area contributed by atoms with Crippen LogP contribution in [0.15, 0.2) is 79.1 Å². The summed E-state index contributed by atoms with van der Waals surface area (Å²) in [5, 5.41) is 15.6. The van der Waals surface area contributed by atoms with E-state index in [1.165, 1.54) is 0 Å². The summed E-state index contributed by atoms with van der Waals surface area (Å²) in [5.41, 5.74) is 3.01. The molecule has 0 bridgehead atoms. The number of benzene rings is 2. The summed E-state index contributed by atoms with van der Waals surface area (Å²) in [6.07, 6.45) is 4.02. The molecule has 0 aliphatic heterocycles. The lowest BCUT2D eigenvalue weighted by Crippen LogP contribution is -2.48. The van der Waals surface area contributed by atoms with Crippen molar-refractivity contribution in [1.82, 2.24) is 30.2 Å². The number of rotatable bonds is 7. The number of para-hydroxylation sites is 1. The van der Waals surface area contributed by atoms with E-state index in [2.05, 4.69) is 25.8 Å². The molecule has 0 radical (unpaired) electrons. The van der Waals surface area contributed by atoms with Gasteiger partial charge in [0, 0.05) is 40.3 Å². The molecule has 0 unspecified atom stereocenters. The minimum atomic E-state index is -0.804. The summed E-state index contributed by atoms with van der Waals surface area (Å²) in [5.74, 6) is -0.0799. The first kappa shape index (κ1) is 21.7. The van der Waals surface area contributed by atoms with Crippen molar-refractivity contribution < 1.29 is 9.59 Å². The molecule has 2 amide bonds. The van der Waals surface area contributed by atoms with Crippen LogP contribution in [0.25, 0.3) is 16.6 Å². The molecule has 8 nitrogen and oxygen atoms in total. The third-order valence-corrected chi connectivity index (χ3v) is 5.88. The molecule has 5 rings (SSSR count). The van der Waals surface area contributed by atoms with Gasteiger partial charge in [-0.25, -0.2) is 0 Å². The molecule has 0 aliphatic carbocycles. The molecule has 3 aromatic heterocycles. The summed E-state index contributed by atoms with van der Waals surface area (Å²) < 4.78 is 1.81. The highest BCUT2D eigenvalue weighted by atomic mass is 35.5. The number of aromatic nitrogens is 4. The van der Waals surface area contributed by atoms with Crippen LogP contribution in [0.4, 0.5) is 0 Å². The van der Waals surface area contributed by atoms with Crippen molar-refractivity contribution in [2.45, 2.75) is 19.0 Å². The van der Waals surface area contributed by atoms with E-state index in [0.717, 1.165) is 16.5 Å². The molecule has 0 saturated carbocycles.